The Balaban J connectivity index is 1.77. The largest absolute Gasteiger partial charge is 0.497 e. The summed E-state index contributed by atoms with van der Waals surface area (Å²) in [6.07, 6.45) is 1.07. The Morgan fingerprint density at radius 3 is 2.34 bits per heavy atom. The van der Waals surface area contributed by atoms with Gasteiger partial charge in [-0.25, -0.2) is 8.42 Å². The second-order valence-corrected chi connectivity index (χ2v) is 9.04. The van der Waals surface area contributed by atoms with Crippen molar-refractivity contribution in [3.63, 3.8) is 0 Å². The van der Waals surface area contributed by atoms with Crippen molar-refractivity contribution in [1.82, 2.24) is 10.2 Å². The molecule has 0 saturated heterocycles. The molecule has 0 fully saturated rings. The predicted molar refractivity (Wildman–Crippen MR) is 114 cm³/mol. The van der Waals surface area contributed by atoms with Gasteiger partial charge in [-0.2, -0.15) is 0 Å². The molecule has 1 atom stereocenters. The monoisotopic (exact) mass is 432 g/mol. The molecular weight excluding hydrogens is 412 g/mol. The Bertz CT molecular complexity index is 1080. The minimum atomic E-state index is -3.67. The zero-order valence-electron chi connectivity index (χ0n) is 16.1. The highest BCUT2D eigenvalue weighted by atomic mass is 32.2. The second kappa shape index (κ2) is 8.58. The van der Waals surface area contributed by atoms with E-state index in [4.69, 9.17) is 4.74 Å². The van der Waals surface area contributed by atoms with Crippen LogP contribution in [0.3, 0.4) is 0 Å². The highest BCUT2D eigenvalue weighted by Gasteiger charge is 2.29. The molecule has 0 unspecified atom stereocenters. The Hall–Kier alpha value is -2.98. The fourth-order valence-corrected chi connectivity index (χ4v) is 4.64. The first-order valence-electron chi connectivity index (χ1n) is 8.63. The van der Waals surface area contributed by atoms with Crippen LogP contribution in [-0.2, 0) is 14.8 Å². The van der Waals surface area contributed by atoms with E-state index in [-0.39, 0.29) is 5.13 Å². The van der Waals surface area contributed by atoms with E-state index in [1.165, 1.54) is 18.3 Å². The molecule has 1 amide bonds. The molecular formula is C19H20N4O4S2. The number of sulfonamides is 1. The molecule has 0 aliphatic heterocycles. The van der Waals surface area contributed by atoms with E-state index in [9.17, 15) is 13.2 Å². The zero-order chi connectivity index (χ0) is 21.0. The molecule has 0 aliphatic carbocycles. The Morgan fingerprint density at radius 1 is 1.10 bits per heavy atom. The molecule has 1 N–H and O–H groups in total. The second-order valence-electron chi connectivity index (χ2n) is 6.20. The number of carbonyl (C=O) groups excluding carboxylic acids is 1. The van der Waals surface area contributed by atoms with Gasteiger partial charge in [-0.15, -0.1) is 10.2 Å². The summed E-state index contributed by atoms with van der Waals surface area (Å²) in [6, 6.07) is 14.8. The van der Waals surface area contributed by atoms with Crippen molar-refractivity contribution in [2.24, 2.45) is 0 Å². The van der Waals surface area contributed by atoms with Gasteiger partial charge in [-0.05, 0) is 43.3 Å². The third-order valence-corrected chi connectivity index (χ3v) is 6.22. The van der Waals surface area contributed by atoms with E-state index in [0.717, 1.165) is 21.9 Å². The van der Waals surface area contributed by atoms with Crippen LogP contribution in [0.5, 0.6) is 5.75 Å². The smallest absolute Gasteiger partial charge is 0.249 e. The lowest BCUT2D eigenvalue weighted by Gasteiger charge is -2.27. The maximum absolute atomic E-state index is 12.7. The van der Waals surface area contributed by atoms with Crippen LogP contribution in [0.2, 0.25) is 0 Å². The molecule has 3 rings (SSSR count). The first-order chi connectivity index (χ1) is 13.8. The molecule has 0 saturated carbocycles. The van der Waals surface area contributed by atoms with Gasteiger partial charge in [0.05, 0.1) is 19.1 Å². The predicted octanol–water partition coefficient (Wildman–Crippen LogP) is 3.01. The SMILES string of the molecule is COc1ccc(-c2nnc(NC(=O)[C@H](C)N(c3ccccc3)S(C)(=O)=O)s2)cc1. The number of rotatable bonds is 7. The minimum absolute atomic E-state index is 0.286. The Labute approximate surface area is 173 Å². The van der Waals surface area contributed by atoms with Crippen LogP contribution in [0.25, 0.3) is 10.6 Å². The number of aromatic nitrogens is 2. The van der Waals surface area contributed by atoms with Crippen LogP contribution in [0.1, 0.15) is 6.92 Å². The van der Waals surface area contributed by atoms with Gasteiger partial charge in [0.1, 0.15) is 16.8 Å². The van der Waals surface area contributed by atoms with Crippen molar-refractivity contribution in [2.75, 3.05) is 23.0 Å². The fourth-order valence-electron chi connectivity index (χ4n) is 2.72. The maximum atomic E-state index is 12.7. The number of para-hydroxylation sites is 1. The van der Waals surface area contributed by atoms with Crippen LogP contribution in [0.15, 0.2) is 54.6 Å². The summed E-state index contributed by atoms with van der Waals surface area (Å²) in [7, 11) is -2.08. The van der Waals surface area contributed by atoms with Crippen molar-refractivity contribution in [3.05, 3.63) is 54.6 Å². The highest BCUT2D eigenvalue weighted by molar-refractivity contribution is 7.92. The fraction of sp³-hybridized carbons (Fsp3) is 0.211. The first-order valence-corrected chi connectivity index (χ1v) is 11.3. The van der Waals surface area contributed by atoms with E-state index < -0.39 is 22.0 Å². The summed E-state index contributed by atoms with van der Waals surface area (Å²) in [5.74, 6) is 0.221. The van der Waals surface area contributed by atoms with Gasteiger partial charge in [0.15, 0.2) is 0 Å². The number of anilines is 2. The highest BCUT2D eigenvalue weighted by Crippen LogP contribution is 2.28. The van der Waals surface area contributed by atoms with Gasteiger partial charge in [0.2, 0.25) is 21.1 Å². The van der Waals surface area contributed by atoms with Crippen LogP contribution < -0.4 is 14.4 Å². The van der Waals surface area contributed by atoms with Gasteiger partial charge >= 0.3 is 0 Å². The van der Waals surface area contributed by atoms with E-state index in [2.05, 4.69) is 15.5 Å². The first kappa shape index (κ1) is 20.7. The molecule has 10 heteroatoms. The summed E-state index contributed by atoms with van der Waals surface area (Å²) in [4.78, 5) is 12.7. The topological polar surface area (TPSA) is 101 Å². The summed E-state index contributed by atoms with van der Waals surface area (Å²) >= 11 is 1.20. The molecule has 0 radical (unpaired) electrons. The van der Waals surface area contributed by atoms with Crippen molar-refractivity contribution in [3.8, 4) is 16.3 Å². The number of ether oxygens (including phenoxy) is 1. The number of hydrogen-bond acceptors (Lipinski definition) is 7. The van der Waals surface area contributed by atoms with E-state index >= 15 is 0 Å². The van der Waals surface area contributed by atoms with Crippen molar-refractivity contribution >= 4 is 38.1 Å². The van der Waals surface area contributed by atoms with Gasteiger partial charge < -0.3 is 4.74 Å². The number of nitrogens with zero attached hydrogens (tertiary/aromatic N) is 3. The van der Waals surface area contributed by atoms with E-state index in [1.54, 1.807) is 49.6 Å². The molecule has 8 nitrogen and oxygen atoms in total. The summed E-state index contributed by atoms with van der Waals surface area (Å²) in [6.45, 7) is 1.52. The molecule has 0 aliphatic rings. The van der Waals surface area contributed by atoms with Crippen LogP contribution in [-0.4, -0.2) is 43.9 Å². The molecule has 1 aromatic heterocycles. The lowest BCUT2D eigenvalue weighted by molar-refractivity contribution is -0.116. The standard InChI is InChI=1S/C19H20N4O4S2/c1-13(23(29(3,25)26)15-7-5-4-6-8-15)17(24)20-19-22-21-18(28-19)14-9-11-16(27-2)12-10-14/h4-13H,1-3H3,(H,20,22,24)/t13-/m0/s1. The maximum Gasteiger partial charge on any atom is 0.249 e. The van der Waals surface area contributed by atoms with Gasteiger partial charge in [0, 0.05) is 5.56 Å². The third kappa shape index (κ3) is 4.90. The number of carbonyl (C=O) groups is 1. The average molecular weight is 433 g/mol. The number of nitrogens with one attached hydrogen (secondary N) is 1. The lowest BCUT2D eigenvalue weighted by Crippen LogP contribution is -2.45. The van der Waals surface area contributed by atoms with Crippen LogP contribution in [0.4, 0.5) is 10.8 Å². The Kier molecular flexibility index (Phi) is 6.14. The quantitative estimate of drug-likeness (QED) is 0.616. The summed E-state index contributed by atoms with van der Waals surface area (Å²) in [5, 5.41) is 11.6. The van der Waals surface area contributed by atoms with E-state index in [1.807, 2.05) is 12.1 Å². The molecule has 0 spiro atoms. The number of benzene rings is 2. The summed E-state index contributed by atoms with van der Waals surface area (Å²) in [5.41, 5.74) is 1.24. The average Bonchev–Trinajstić information content (AvgIpc) is 3.16. The van der Waals surface area contributed by atoms with Gasteiger partial charge in [-0.1, -0.05) is 29.5 Å². The molecule has 0 bridgehead atoms. The van der Waals surface area contributed by atoms with Crippen molar-refractivity contribution < 1.29 is 17.9 Å². The van der Waals surface area contributed by atoms with Crippen molar-refractivity contribution in [1.29, 1.82) is 0 Å². The van der Waals surface area contributed by atoms with Gasteiger partial charge in [-0.3, -0.25) is 14.4 Å². The van der Waals surface area contributed by atoms with Crippen molar-refractivity contribution in [2.45, 2.75) is 13.0 Å². The van der Waals surface area contributed by atoms with E-state index in [0.29, 0.717) is 10.7 Å². The minimum Gasteiger partial charge on any atom is -0.497 e. The molecule has 3 aromatic rings. The van der Waals surface area contributed by atoms with Crippen LogP contribution >= 0.6 is 11.3 Å². The molecule has 2 aromatic carbocycles. The summed E-state index contributed by atoms with van der Waals surface area (Å²) < 4.78 is 30.8. The Morgan fingerprint density at radius 2 is 1.76 bits per heavy atom. The molecule has 29 heavy (non-hydrogen) atoms. The number of amides is 1. The lowest BCUT2D eigenvalue weighted by atomic mass is 10.2. The van der Waals surface area contributed by atoms with Gasteiger partial charge in [0.25, 0.3) is 0 Å². The normalized spacial score (nSPS) is 12.2. The zero-order valence-corrected chi connectivity index (χ0v) is 17.7. The number of hydrogen-bond donors (Lipinski definition) is 1. The number of methoxy groups -OCH3 is 1. The molecule has 1 heterocycles. The third-order valence-electron chi connectivity index (χ3n) is 4.09. The van der Waals surface area contributed by atoms with Crippen LogP contribution in [0, 0.1) is 0 Å². The molecule has 152 valence electrons.